The summed E-state index contributed by atoms with van der Waals surface area (Å²) in [5.74, 6) is 0.839. The maximum Gasteiger partial charge on any atom is 0.416 e. The number of benzene rings is 1. The molecule has 0 amide bonds. The van der Waals surface area contributed by atoms with Gasteiger partial charge in [0, 0.05) is 31.7 Å². The molecule has 1 fully saturated rings. The first-order valence-electron chi connectivity index (χ1n) is 11.9. The molecule has 0 atom stereocenters. The van der Waals surface area contributed by atoms with Crippen molar-refractivity contribution in [1.29, 1.82) is 0 Å². The predicted molar refractivity (Wildman–Crippen MR) is 133 cm³/mol. The lowest BCUT2D eigenvalue weighted by Gasteiger charge is -2.31. The summed E-state index contributed by atoms with van der Waals surface area (Å²) < 4.78 is 52.8. The van der Waals surface area contributed by atoms with Crippen molar-refractivity contribution in [3.05, 3.63) is 40.8 Å². The second-order valence-electron chi connectivity index (χ2n) is 9.38. The first kappa shape index (κ1) is 25.4. The van der Waals surface area contributed by atoms with Crippen LogP contribution in [0.5, 0.6) is 0 Å². The number of hydrogen-bond donors (Lipinski definition) is 3. The Morgan fingerprint density at radius 1 is 1.03 bits per heavy atom. The Labute approximate surface area is 207 Å². The van der Waals surface area contributed by atoms with Crippen LogP contribution in [0.1, 0.15) is 55.3 Å². The maximum absolute atomic E-state index is 14.0. The Balaban J connectivity index is 1.31. The molecular weight excluding hydrogens is 480 g/mol. The molecule has 0 aliphatic heterocycles. The Kier molecular flexibility index (Phi) is 7.63. The minimum absolute atomic E-state index is 0.0451. The third-order valence-electron chi connectivity index (χ3n) is 6.52. The molecule has 1 aromatic carbocycles. The van der Waals surface area contributed by atoms with Crippen LogP contribution in [0.15, 0.2) is 18.2 Å². The highest BCUT2D eigenvalue weighted by molar-refractivity contribution is 7.80. The molecule has 0 unspecified atom stereocenters. The van der Waals surface area contributed by atoms with Gasteiger partial charge in [0.2, 0.25) is 5.95 Å². The van der Waals surface area contributed by atoms with Crippen LogP contribution in [-0.2, 0) is 19.0 Å². The molecular formula is C24H30F4N6S. The molecule has 3 N–H and O–H groups in total. The molecule has 35 heavy (non-hydrogen) atoms. The fraction of sp³-hybridized carbons (Fsp3) is 0.542. The van der Waals surface area contributed by atoms with Crippen molar-refractivity contribution >= 4 is 34.8 Å². The van der Waals surface area contributed by atoms with Gasteiger partial charge >= 0.3 is 6.18 Å². The van der Waals surface area contributed by atoms with E-state index in [-0.39, 0.29) is 22.9 Å². The average Bonchev–Trinajstić information content (AvgIpc) is 2.80. The summed E-state index contributed by atoms with van der Waals surface area (Å²) in [6.07, 6.45) is 3.06. The lowest BCUT2D eigenvalue weighted by atomic mass is 9.91. The molecule has 2 aliphatic rings. The molecule has 1 heterocycles. The lowest BCUT2D eigenvalue weighted by molar-refractivity contribution is -0.137. The quantitative estimate of drug-likeness (QED) is 0.373. The summed E-state index contributed by atoms with van der Waals surface area (Å²) in [6, 6.07) is 2.48. The number of alkyl halides is 3. The summed E-state index contributed by atoms with van der Waals surface area (Å²) in [4.78, 5) is 11.6. The highest BCUT2D eigenvalue weighted by Gasteiger charge is 2.31. The van der Waals surface area contributed by atoms with Crippen molar-refractivity contribution in [2.75, 3.05) is 29.6 Å². The fourth-order valence-electron chi connectivity index (χ4n) is 4.71. The number of fused-ring (bicyclic) bond motifs is 1. The van der Waals surface area contributed by atoms with Crippen LogP contribution in [0.2, 0.25) is 0 Å². The Bertz CT molecular complexity index is 1070. The van der Waals surface area contributed by atoms with Crippen molar-refractivity contribution in [3.63, 3.8) is 0 Å². The van der Waals surface area contributed by atoms with Crippen LogP contribution in [-0.4, -0.2) is 41.3 Å². The van der Waals surface area contributed by atoms with E-state index in [0.717, 1.165) is 75.0 Å². The Morgan fingerprint density at radius 2 is 1.71 bits per heavy atom. The number of halogens is 4. The molecule has 4 rings (SSSR count). The summed E-state index contributed by atoms with van der Waals surface area (Å²) in [5, 5.41) is 9.27. The molecule has 0 radical (unpaired) electrons. The van der Waals surface area contributed by atoms with Crippen LogP contribution in [0.4, 0.5) is 35.0 Å². The summed E-state index contributed by atoms with van der Waals surface area (Å²) >= 11 is 5.23. The summed E-state index contributed by atoms with van der Waals surface area (Å²) in [7, 11) is 4.00. The molecule has 0 bridgehead atoms. The highest BCUT2D eigenvalue weighted by atomic mass is 32.1. The SMILES string of the molecule is CN(C)c1nc(N[C@H]2CC[C@@H](NC(=S)Nc3cc(C(F)(F)F)ccc3F)CC2)nc2c1CCCC2. The zero-order valence-electron chi connectivity index (χ0n) is 19.8. The second-order valence-corrected chi connectivity index (χ2v) is 9.79. The van der Waals surface area contributed by atoms with Gasteiger partial charge in [-0.15, -0.1) is 0 Å². The first-order valence-corrected chi connectivity index (χ1v) is 12.3. The van der Waals surface area contributed by atoms with E-state index in [0.29, 0.717) is 12.0 Å². The van der Waals surface area contributed by atoms with E-state index in [9.17, 15) is 17.6 Å². The van der Waals surface area contributed by atoms with Crippen molar-refractivity contribution in [2.45, 2.75) is 69.6 Å². The zero-order valence-corrected chi connectivity index (χ0v) is 20.6. The summed E-state index contributed by atoms with van der Waals surface area (Å²) in [6.45, 7) is 0. The number of aryl methyl sites for hydroxylation is 1. The number of aromatic nitrogens is 2. The van der Waals surface area contributed by atoms with Gasteiger partial charge in [-0.1, -0.05) is 0 Å². The largest absolute Gasteiger partial charge is 0.416 e. The molecule has 1 saturated carbocycles. The van der Waals surface area contributed by atoms with Gasteiger partial charge in [0.05, 0.1) is 16.9 Å². The van der Waals surface area contributed by atoms with E-state index in [2.05, 4.69) is 16.0 Å². The number of nitrogens with zero attached hydrogens (tertiary/aromatic N) is 3. The number of anilines is 3. The van der Waals surface area contributed by atoms with Gasteiger partial charge < -0.3 is 20.9 Å². The van der Waals surface area contributed by atoms with Crippen molar-refractivity contribution in [3.8, 4) is 0 Å². The van der Waals surface area contributed by atoms with Crippen molar-refractivity contribution in [2.24, 2.45) is 0 Å². The van der Waals surface area contributed by atoms with Crippen LogP contribution in [0.3, 0.4) is 0 Å². The van der Waals surface area contributed by atoms with E-state index < -0.39 is 17.6 Å². The Morgan fingerprint density at radius 3 is 2.40 bits per heavy atom. The normalized spacial score (nSPS) is 20.1. The molecule has 6 nitrogen and oxygen atoms in total. The molecule has 2 aromatic rings. The molecule has 0 spiro atoms. The van der Waals surface area contributed by atoms with E-state index in [1.807, 2.05) is 19.0 Å². The van der Waals surface area contributed by atoms with Gasteiger partial charge in [0.25, 0.3) is 0 Å². The lowest BCUT2D eigenvalue weighted by Crippen LogP contribution is -2.42. The van der Waals surface area contributed by atoms with Crippen LogP contribution < -0.4 is 20.9 Å². The van der Waals surface area contributed by atoms with Crippen LogP contribution >= 0.6 is 12.2 Å². The van der Waals surface area contributed by atoms with E-state index in [4.69, 9.17) is 22.2 Å². The topological polar surface area (TPSA) is 65.1 Å². The fourth-order valence-corrected chi connectivity index (χ4v) is 4.99. The minimum atomic E-state index is -4.56. The smallest absolute Gasteiger partial charge is 0.362 e. The molecule has 2 aliphatic carbocycles. The van der Waals surface area contributed by atoms with Crippen molar-refractivity contribution in [1.82, 2.24) is 15.3 Å². The number of hydrogen-bond acceptors (Lipinski definition) is 5. The molecule has 1 aromatic heterocycles. The van der Waals surface area contributed by atoms with Gasteiger partial charge in [-0.05, 0) is 81.8 Å². The predicted octanol–water partition coefficient (Wildman–Crippen LogP) is 5.29. The van der Waals surface area contributed by atoms with Gasteiger partial charge in [0.15, 0.2) is 5.11 Å². The number of rotatable bonds is 5. The average molecular weight is 511 g/mol. The van der Waals surface area contributed by atoms with Gasteiger partial charge in [-0.25, -0.2) is 9.37 Å². The standard InChI is InChI=1S/C24H30F4N6S/c1-34(2)21-17-5-3-4-6-19(17)31-22(33-21)29-15-8-10-16(11-9-15)30-23(35)32-20-13-14(24(26,27)28)7-12-18(20)25/h7,12-13,15-16H,3-6,8-11H2,1-2H3,(H,29,31,33)(H2,30,32,35)/t15-,16+. The monoisotopic (exact) mass is 510 g/mol. The molecule has 190 valence electrons. The van der Waals surface area contributed by atoms with Crippen molar-refractivity contribution < 1.29 is 17.6 Å². The summed E-state index contributed by atoms with van der Waals surface area (Å²) in [5.41, 5.74) is 1.15. The number of thiocarbonyl (C=S) groups is 1. The zero-order chi connectivity index (χ0) is 25.2. The van der Waals surface area contributed by atoms with E-state index in [1.54, 1.807) is 0 Å². The van der Waals surface area contributed by atoms with Gasteiger partial charge in [-0.2, -0.15) is 18.2 Å². The first-order chi connectivity index (χ1) is 16.6. The minimum Gasteiger partial charge on any atom is -0.362 e. The molecule has 0 saturated heterocycles. The van der Waals surface area contributed by atoms with Crippen LogP contribution in [0.25, 0.3) is 0 Å². The van der Waals surface area contributed by atoms with Gasteiger partial charge in [0.1, 0.15) is 11.6 Å². The maximum atomic E-state index is 14.0. The van der Waals surface area contributed by atoms with Gasteiger partial charge in [-0.3, -0.25) is 0 Å². The third-order valence-corrected chi connectivity index (χ3v) is 6.74. The third kappa shape index (κ3) is 6.31. The highest BCUT2D eigenvalue weighted by Crippen LogP contribution is 2.32. The molecule has 11 heteroatoms. The van der Waals surface area contributed by atoms with E-state index in [1.165, 1.54) is 5.56 Å². The van der Waals surface area contributed by atoms with E-state index >= 15 is 0 Å². The Hall–Kier alpha value is -2.69. The second kappa shape index (κ2) is 10.5. The van der Waals surface area contributed by atoms with Crippen LogP contribution in [0, 0.1) is 5.82 Å². The number of nitrogens with one attached hydrogen (secondary N) is 3.